The van der Waals surface area contributed by atoms with Crippen molar-refractivity contribution in [2.24, 2.45) is 40.5 Å². The quantitative estimate of drug-likeness (QED) is 0.0321. The molecule has 0 unspecified atom stereocenters. The minimum absolute atomic E-state index is 0.0547. The molecule has 29 heteroatoms. The zero-order chi connectivity index (χ0) is 59.4. The van der Waals surface area contributed by atoms with E-state index < -0.39 is 151 Å². The van der Waals surface area contributed by atoms with Gasteiger partial charge in [-0.25, -0.2) is 0 Å². The van der Waals surface area contributed by atoms with Gasteiger partial charge in [0.25, 0.3) is 0 Å². The molecule has 27 nitrogen and oxygen atoms in total. The van der Waals surface area contributed by atoms with Crippen LogP contribution in [-0.2, 0) is 54.4 Å². The Morgan fingerprint density at radius 3 is 1.63 bits per heavy atom. The topological polar surface area (TPSA) is 462 Å². The maximum absolute atomic E-state index is 14.4. The molecule has 1 saturated heterocycles. The normalized spacial score (nSPS) is 23.5. The first kappa shape index (κ1) is 69.4. The minimum Gasteiger partial charge on any atom is -0.391 e. The highest BCUT2D eigenvalue weighted by Gasteiger charge is 2.37. The van der Waals surface area contributed by atoms with Crippen molar-refractivity contribution in [3.63, 3.8) is 0 Å². The molecule has 0 radical (unpaired) electrons. The van der Waals surface area contributed by atoms with Gasteiger partial charge >= 0.3 is 0 Å². The first-order chi connectivity index (χ1) is 37.4. The van der Waals surface area contributed by atoms with E-state index in [1.807, 2.05) is 0 Å². The maximum atomic E-state index is 14.4. The van der Waals surface area contributed by atoms with E-state index in [9.17, 15) is 58.2 Å². The lowest BCUT2D eigenvalue weighted by Gasteiger charge is -2.28. The lowest BCUT2D eigenvalue weighted by Crippen LogP contribution is -2.62. The van der Waals surface area contributed by atoms with E-state index in [-0.39, 0.29) is 63.4 Å². The van der Waals surface area contributed by atoms with Crippen LogP contribution in [0.3, 0.4) is 0 Å². The Hall–Kier alpha value is -5.66. The van der Waals surface area contributed by atoms with E-state index in [4.69, 9.17) is 28.7 Å². The van der Waals surface area contributed by atoms with E-state index >= 15 is 0 Å². The van der Waals surface area contributed by atoms with Crippen molar-refractivity contribution in [1.29, 1.82) is 0 Å². The number of carbonyl (C=O) groups excluding carboxylic acids is 10. The van der Waals surface area contributed by atoms with Crippen LogP contribution in [0.2, 0.25) is 0 Å². The highest BCUT2D eigenvalue weighted by atomic mass is 33.1. The second-order valence-corrected chi connectivity index (χ2v) is 22.8. The molecule has 1 heterocycles. The number of rotatable bonds is 25. The van der Waals surface area contributed by atoms with E-state index in [1.54, 1.807) is 44.2 Å². The smallest absolute Gasteiger partial charge is 0.245 e. The Morgan fingerprint density at radius 1 is 0.620 bits per heavy atom. The second kappa shape index (κ2) is 36.6. The van der Waals surface area contributed by atoms with E-state index in [0.29, 0.717) is 11.5 Å². The molecule has 10 amide bonds. The average Bonchev–Trinajstić information content (AvgIpc) is 3.39. The molecule has 0 spiro atoms. The molecular weight excluding hydrogens is 1070 g/mol. The Balaban J connectivity index is 2.65. The molecule has 12 atom stereocenters. The molecule has 1 aliphatic rings. The summed E-state index contributed by atoms with van der Waals surface area (Å²) in [6.45, 7) is 8.73. The van der Waals surface area contributed by atoms with Gasteiger partial charge in [-0.15, -0.1) is 0 Å². The summed E-state index contributed by atoms with van der Waals surface area (Å²) >= 11 is 0. The molecule has 1 fully saturated rings. The number of hydrogen-bond acceptors (Lipinski definition) is 19. The summed E-state index contributed by atoms with van der Waals surface area (Å²) in [6.07, 6.45) is -3.09. The van der Waals surface area contributed by atoms with E-state index in [2.05, 4.69) is 67.0 Å². The zero-order valence-corrected chi connectivity index (χ0v) is 47.7. The summed E-state index contributed by atoms with van der Waals surface area (Å²) < 4.78 is 0. The fourth-order valence-electron chi connectivity index (χ4n) is 7.78. The largest absolute Gasteiger partial charge is 0.391 e. The minimum atomic E-state index is -1.67. The van der Waals surface area contributed by atoms with Gasteiger partial charge in [-0.1, -0.05) is 79.6 Å². The fraction of sp³-hybridized carbons (Fsp3) is 0.680. The summed E-state index contributed by atoms with van der Waals surface area (Å²) in [5, 5.41) is 46.5. The molecule has 0 saturated carbocycles. The number of aliphatic hydroxyl groups is 2. The average molecular weight is 1150 g/mol. The van der Waals surface area contributed by atoms with Crippen LogP contribution in [0.1, 0.15) is 85.6 Å². The third-order valence-electron chi connectivity index (χ3n) is 12.3. The summed E-state index contributed by atoms with van der Waals surface area (Å²) in [4.78, 5) is 139. The van der Waals surface area contributed by atoms with Crippen molar-refractivity contribution < 1.29 is 58.2 Å². The van der Waals surface area contributed by atoms with Crippen molar-refractivity contribution in [1.82, 2.24) is 53.2 Å². The Bertz CT molecular complexity index is 2150. The number of nitrogens with two attached hydrogens (primary N) is 5. The molecule has 0 bridgehead atoms. The van der Waals surface area contributed by atoms with E-state index in [0.717, 1.165) is 12.2 Å². The predicted octanol–water partition coefficient (Wildman–Crippen LogP) is -5.32. The molecule has 446 valence electrons. The highest BCUT2D eigenvalue weighted by Crippen LogP contribution is 2.24. The van der Waals surface area contributed by atoms with Gasteiger partial charge < -0.3 is 92.0 Å². The lowest BCUT2D eigenvalue weighted by molar-refractivity contribution is -0.136. The van der Waals surface area contributed by atoms with Crippen molar-refractivity contribution in [3.8, 4) is 0 Å². The maximum Gasteiger partial charge on any atom is 0.245 e. The molecule has 0 aromatic heterocycles. The van der Waals surface area contributed by atoms with Gasteiger partial charge in [0, 0.05) is 31.0 Å². The Kier molecular flexibility index (Phi) is 32.1. The van der Waals surface area contributed by atoms with Crippen LogP contribution in [0.25, 0.3) is 0 Å². The molecule has 79 heavy (non-hydrogen) atoms. The summed E-state index contributed by atoms with van der Waals surface area (Å²) in [5.41, 5.74) is 30.2. The van der Waals surface area contributed by atoms with Gasteiger partial charge in [0.05, 0.1) is 18.2 Å². The molecule has 1 aromatic carbocycles. The molecule has 1 aromatic rings. The summed E-state index contributed by atoms with van der Waals surface area (Å²) in [6, 6.07) is -5.95. The monoisotopic (exact) mass is 1150 g/mol. The Labute approximate surface area is 470 Å². The second-order valence-electron chi connectivity index (χ2n) is 20.1. The number of benzene rings is 1. The van der Waals surface area contributed by atoms with Crippen LogP contribution in [0.15, 0.2) is 30.3 Å². The van der Waals surface area contributed by atoms with Crippen LogP contribution in [0.4, 0.5) is 0 Å². The van der Waals surface area contributed by atoms with Gasteiger partial charge in [-0.3, -0.25) is 47.9 Å². The highest BCUT2D eigenvalue weighted by molar-refractivity contribution is 8.76. The van der Waals surface area contributed by atoms with Crippen LogP contribution < -0.4 is 81.8 Å². The zero-order valence-electron chi connectivity index (χ0n) is 46.0. The van der Waals surface area contributed by atoms with Crippen molar-refractivity contribution >= 4 is 80.7 Å². The van der Waals surface area contributed by atoms with Crippen molar-refractivity contribution in [3.05, 3.63) is 35.9 Å². The number of aliphatic hydroxyl groups excluding tert-OH is 2. The molecular formula is C50H87N15O12S2. The van der Waals surface area contributed by atoms with Crippen molar-refractivity contribution in [2.75, 3.05) is 44.2 Å². The van der Waals surface area contributed by atoms with Gasteiger partial charge in [-0.05, 0) is 89.4 Å². The van der Waals surface area contributed by atoms with Crippen LogP contribution >= 0.6 is 21.6 Å². The molecule has 1 aliphatic heterocycles. The number of nitrogens with one attached hydrogen (secondary N) is 10. The lowest BCUT2D eigenvalue weighted by atomic mass is 10.00. The molecule has 2 rings (SSSR count). The van der Waals surface area contributed by atoms with Gasteiger partial charge in [-0.2, -0.15) is 0 Å². The number of amides is 10. The third kappa shape index (κ3) is 25.1. The molecule has 0 aliphatic carbocycles. The van der Waals surface area contributed by atoms with Crippen molar-refractivity contribution in [2.45, 2.75) is 159 Å². The standard InChI is InChI=1S/C50H87N15O12S2/c1-26(2)16-21-78-79-25-31(55)41(68)64-40(29(6)67)50(77)63-38(24-54)48(75)60-35-15-20-56-49(76)39(28(5)66)65-45(72)34(14-19-53)58-42(69)32(12-17-51)59-46(73)36(22-27(3)4)61-47(74)37(23-30-10-8-7-9-11-30)62-43(70)33(13-18-52)57-44(35)71/h7-11,26-29,31-40,66-67H,12-25,51-55H2,1-6H3,(H,56,76)(H,57,71)(H,58,69)(H,59,73)(H,60,75)(H,61,74)(H,62,70)(H,63,77)(H,64,68)(H,65,72)/t28-,29-,31-,32+,33+,34+,35+,36+,37-,38-,39+,40+/m1/s1. The van der Waals surface area contributed by atoms with E-state index in [1.165, 1.54) is 35.4 Å². The van der Waals surface area contributed by atoms with Gasteiger partial charge in [0.2, 0.25) is 59.1 Å². The SMILES string of the molecule is CC(C)CCSSC[C@@H](N)C(=O)N[C@H](C(=O)N[C@H](CN)C(=O)N[C@H]1CCNC(=O)[C@H]([C@@H](C)O)NC(=O)[C@H](CCN)NC(=O)[C@H](CCN)NC(=O)[C@H](CC(C)C)NC(=O)[C@@H](Cc2ccccc2)NC(=O)[C@H](CCN)NC1=O)[C@@H](C)O. The first-order valence-electron chi connectivity index (χ1n) is 26.6. The van der Waals surface area contributed by atoms with Crippen LogP contribution in [0.5, 0.6) is 0 Å². The van der Waals surface area contributed by atoms with Crippen LogP contribution in [0, 0.1) is 11.8 Å². The first-order valence-corrected chi connectivity index (χ1v) is 29.1. The predicted molar refractivity (Wildman–Crippen MR) is 300 cm³/mol. The fourth-order valence-corrected chi connectivity index (χ4v) is 10.2. The van der Waals surface area contributed by atoms with Crippen LogP contribution in [-0.4, -0.2) is 186 Å². The summed E-state index contributed by atoms with van der Waals surface area (Å²) in [5.74, 6) is -7.85. The van der Waals surface area contributed by atoms with Gasteiger partial charge in [0.15, 0.2) is 0 Å². The summed E-state index contributed by atoms with van der Waals surface area (Å²) in [7, 11) is 2.91. The van der Waals surface area contributed by atoms with Gasteiger partial charge in [0.1, 0.15) is 54.4 Å². The number of carbonyl (C=O) groups is 10. The molecule has 22 N–H and O–H groups in total. The number of hydrogen-bond donors (Lipinski definition) is 17. The Morgan fingerprint density at radius 2 is 1.13 bits per heavy atom. The third-order valence-corrected chi connectivity index (χ3v) is 14.8.